The van der Waals surface area contributed by atoms with E-state index < -0.39 is 0 Å². The SMILES string of the molecule is CNC(C)C(C)c1nc(-c2ccc(OC)c(C)c2)no1. The lowest BCUT2D eigenvalue weighted by Gasteiger charge is -2.14. The first-order chi connectivity index (χ1) is 9.56. The van der Waals surface area contributed by atoms with E-state index in [1.165, 1.54) is 0 Å². The van der Waals surface area contributed by atoms with Gasteiger partial charge in [-0.05, 0) is 44.7 Å². The molecule has 1 heterocycles. The van der Waals surface area contributed by atoms with Gasteiger partial charge in [-0.1, -0.05) is 12.1 Å². The molecule has 0 saturated carbocycles. The molecule has 5 heteroatoms. The number of methoxy groups -OCH3 is 1. The maximum atomic E-state index is 5.37. The summed E-state index contributed by atoms with van der Waals surface area (Å²) in [6.07, 6.45) is 0. The summed E-state index contributed by atoms with van der Waals surface area (Å²) in [5.41, 5.74) is 1.98. The highest BCUT2D eigenvalue weighted by atomic mass is 16.5. The van der Waals surface area contributed by atoms with Crippen LogP contribution in [0, 0.1) is 6.92 Å². The van der Waals surface area contributed by atoms with Crippen LogP contribution in [-0.4, -0.2) is 30.3 Å². The van der Waals surface area contributed by atoms with E-state index in [2.05, 4.69) is 29.3 Å². The molecule has 0 fully saturated rings. The van der Waals surface area contributed by atoms with Gasteiger partial charge in [-0.15, -0.1) is 0 Å². The molecule has 108 valence electrons. The number of rotatable bonds is 5. The second-order valence-corrected chi connectivity index (χ2v) is 5.01. The van der Waals surface area contributed by atoms with Gasteiger partial charge in [0.1, 0.15) is 5.75 Å². The van der Waals surface area contributed by atoms with Crippen LogP contribution in [0.15, 0.2) is 22.7 Å². The van der Waals surface area contributed by atoms with E-state index >= 15 is 0 Å². The Balaban J connectivity index is 2.26. The minimum absolute atomic E-state index is 0.167. The molecule has 0 spiro atoms. The molecular formula is C15H21N3O2. The van der Waals surface area contributed by atoms with Gasteiger partial charge in [-0.3, -0.25) is 0 Å². The maximum absolute atomic E-state index is 5.37. The summed E-state index contributed by atoms with van der Waals surface area (Å²) in [6.45, 7) is 6.15. The molecule has 0 radical (unpaired) electrons. The molecule has 0 aliphatic rings. The molecule has 2 aromatic rings. The Kier molecular flexibility index (Phi) is 4.39. The monoisotopic (exact) mass is 275 g/mol. The summed E-state index contributed by atoms with van der Waals surface area (Å²) in [4.78, 5) is 4.49. The predicted molar refractivity (Wildman–Crippen MR) is 78.0 cm³/mol. The van der Waals surface area contributed by atoms with Crippen LogP contribution in [0.2, 0.25) is 0 Å². The van der Waals surface area contributed by atoms with Crippen molar-refractivity contribution in [1.82, 2.24) is 15.5 Å². The van der Waals surface area contributed by atoms with Crippen molar-refractivity contribution in [3.8, 4) is 17.1 Å². The number of aromatic nitrogens is 2. The molecular weight excluding hydrogens is 254 g/mol. The van der Waals surface area contributed by atoms with Gasteiger partial charge in [0.2, 0.25) is 11.7 Å². The van der Waals surface area contributed by atoms with Crippen molar-refractivity contribution in [2.24, 2.45) is 0 Å². The second-order valence-electron chi connectivity index (χ2n) is 5.01. The molecule has 1 aromatic carbocycles. The summed E-state index contributed by atoms with van der Waals surface area (Å²) < 4.78 is 10.6. The predicted octanol–water partition coefficient (Wildman–Crippen LogP) is 2.77. The Bertz CT molecular complexity index is 580. The van der Waals surface area contributed by atoms with Gasteiger partial charge in [0.05, 0.1) is 13.0 Å². The third kappa shape index (κ3) is 2.82. The normalized spacial score (nSPS) is 14.1. The third-order valence-electron chi connectivity index (χ3n) is 3.69. The van der Waals surface area contributed by atoms with Crippen LogP contribution in [0.5, 0.6) is 5.75 Å². The molecule has 1 N–H and O–H groups in total. The largest absolute Gasteiger partial charge is 0.496 e. The molecule has 2 atom stereocenters. The van der Waals surface area contributed by atoms with E-state index in [4.69, 9.17) is 9.26 Å². The highest BCUT2D eigenvalue weighted by Gasteiger charge is 2.20. The van der Waals surface area contributed by atoms with Crippen LogP contribution in [0.1, 0.15) is 31.2 Å². The number of nitrogens with one attached hydrogen (secondary N) is 1. The van der Waals surface area contributed by atoms with Crippen molar-refractivity contribution >= 4 is 0 Å². The fourth-order valence-electron chi connectivity index (χ4n) is 2.02. The summed E-state index contributed by atoms with van der Waals surface area (Å²) >= 11 is 0. The van der Waals surface area contributed by atoms with Gasteiger partial charge in [-0.25, -0.2) is 0 Å². The molecule has 0 saturated heterocycles. The highest BCUT2D eigenvalue weighted by molar-refractivity contribution is 5.58. The first-order valence-corrected chi connectivity index (χ1v) is 6.72. The summed E-state index contributed by atoms with van der Waals surface area (Å²) in [7, 11) is 3.58. The lowest BCUT2D eigenvalue weighted by atomic mass is 10.0. The highest BCUT2D eigenvalue weighted by Crippen LogP contribution is 2.26. The van der Waals surface area contributed by atoms with Crippen LogP contribution < -0.4 is 10.1 Å². The Morgan fingerprint density at radius 1 is 1.30 bits per heavy atom. The van der Waals surface area contributed by atoms with E-state index in [0.29, 0.717) is 11.7 Å². The number of ether oxygens (including phenoxy) is 1. The Hall–Kier alpha value is -1.88. The zero-order chi connectivity index (χ0) is 14.7. The van der Waals surface area contributed by atoms with Crippen molar-refractivity contribution < 1.29 is 9.26 Å². The number of likely N-dealkylation sites (N-methyl/N-ethyl adjacent to an activating group) is 1. The van der Waals surface area contributed by atoms with Crippen molar-refractivity contribution in [3.05, 3.63) is 29.7 Å². The van der Waals surface area contributed by atoms with Crippen molar-refractivity contribution in [3.63, 3.8) is 0 Å². The van der Waals surface area contributed by atoms with Crippen LogP contribution in [0.3, 0.4) is 0 Å². The molecule has 1 aromatic heterocycles. The van der Waals surface area contributed by atoms with Gasteiger partial charge in [0, 0.05) is 11.6 Å². The topological polar surface area (TPSA) is 60.2 Å². The van der Waals surface area contributed by atoms with Crippen molar-refractivity contribution in [2.75, 3.05) is 14.2 Å². The molecule has 0 aliphatic carbocycles. The number of nitrogens with zero attached hydrogens (tertiary/aromatic N) is 2. The quantitative estimate of drug-likeness (QED) is 0.909. The van der Waals surface area contributed by atoms with Crippen LogP contribution in [-0.2, 0) is 0 Å². The Morgan fingerprint density at radius 2 is 2.05 bits per heavy atom. The van der Waals surface area contributed by atoms with Crippen LogP contribution in [0.25, 0.3) is 11.4 Å². The third-order valence-corrected chi connectivity index (χ3v) is 3.69. The van der Waals surface area contributed by atoms with Gasteiger partial charge >= 0.3 is 0 Å². The Labute approximate surface area is 119 Å². The molecule has 5 nitrogen and oxygen atoms in total. The molecule has 0 bridgehead atoms. The molecule has 2 unspecified atom stereocenters. The zero-order valence-electron chi connectivity index (χ0n) is 12.6. The smallest absolute Gasteiger partial charge is 0.231 e. The maximum Gasteiger partial charge on any atom is 0.231 e. The number of hydrogen-bond donors (Lipinski definition) is 1. The standard InChI is InChI=1S/C15H21N3O2/c1-9-8-12(6-7-13(9)19-5)14-17-15(20-18-14)10(2)11(3)16-4/h6-8,10-11,16H,1-5H3. The summed E-state index contributed by atoms with van der Waals surface area (Å²) in [6, 6.07) is 6.13. The first-order valence-electron chi connectivity index (χ1n) is 6.72. The number of aryl methyl sites for hydroxylation is 1. The van der Waals surface area contributed by atoms with Gasteiger partial charge in [0.25, 0.3) is 0 Å². The van der Waals surface area contributed by atoms with E-state index in [-0.39, 0.29) is 12.0 Å². The minimum atomic E-state index is 0.167. The summed E-state index contributed by atoms with van der Waals surface area (Å²) in [5.74, 6) is 2.28. The van der Waals surface area contributed by atoms with Crippen LogP contribution >= 0.6 is 0 Å². The van der Waals surface area contributed by atoms with E-state index in [9.17, 15) is 0 Å². The fourth-order valence-corrected chi connectivity index (χ4v) is 2.02. The second kappa shape index (κ2) is 6.05. The minimum Gasteiger partial charge on any atom is -0.496 e. The van der Waals surface area contributed by atoms with Gasteiger partial charge < -0.3 is 14.6 Å². The molecule has 0 aliphatic heterocycles. The molecule has 0 amide bonds. The number of hydrogen-bond acceptors (Lipinski definition) is 5. The number of benzene rings is 1. The van der Waals surface area contributed by atoms with Gasteiger partial charge in [0.15, 0.2) is 0 Å². The lowest BCUT2D eigenvalue weighted by molar-refractivity contribution is 0.336. The Morgan fingerprint density at radius 3 is 2.65 bits per heavy atom. The fraction of sp³-hybridized carbons (Fsp3) is 0.467. The van der Waals surface area contributed by atoms with E-state index in [1.54, 1.807) is 7.11 Å². The van der Waals surface area contributed by atoms with Gasteiger partial charge in [-0.2, -0.15) is 4.98 Å². The average Bonchev–Trinajstić information content (AvgIpc) is 2.95. The molecule has 2 rings (SSSR count). The lowest BCUT2D eigenvalue weighted by Crippen LogP contribution is -2.27. The first kappa shape index (κ1) is 14.5. The van der Waals surface area contributed by atoms with Crippen LogP contribution in [0.4, 0.5) is 0 Å². The summed E-state index contributed by atoms with van der Waals surface area (Å²) in [5, 5.41) is 7.26. The average molecular weight is 275 g/mol. The van der Waals surface area contributed by atoms with Crippen molar-refractivity contribution in [2.45, 2.75) is 32.7 Å². The van der Waals surface area contributed by atoms with E-state index in [1.807, 2.05) is 32.2 Å². The molecule has 20 heavy (non-hydrogen) atoms. The van der Waals surface area contributed by atoms with Crippen molar-refractivity contribution in [1.29, 1.82) is 0 Å². The van der Waals surface area contributed by atoms with E-state index in [0.717, 1.165) is 16.9 Å². The zero-order valence-corrected chi connectivity index (χ0v) is 12.6.